The van der Waals surface area contributed by atoms with Crippen molar-refractivity contribution in [3.05, 3.63) is 75.8 Å². The zero-order valence-corrected chi connectivity index (χ0v) is 13.4. The molecule has 0 fully saturated rings. The highest BCUT2D eigenvalue weighted by Crippen LogP contribution is 2.33. The summed E-state index contributed by atoms with van der Waals surface area (Å²) >= 11 is 5.70. The maximum absolute atomic E-state index is 12.1. The molecule has 1 heterocycles. The van der Waals surface area contributed by atoms with Crippen LogP contribution in [0.3, 0.4) is 0 Å². The Bertz CT molecular complexity index is 790. The Labute approximate surface area is 143 Å². The third-order valence-electron chi connectivity index (χ3n) is 3.88. The lowest BCUT2D eigenvalue weighted by Crippen LogP contribution is -2.27. The van der Waals surface area contributed by atoms with Crippen LogP contribution in [0.4, 0.5) is 5.69 Å². The fraction of sp³-hybridized carbons (Fsp3) is 0.176. The third-order valence-corrected chi connectivity index (χ3v) is 4.10. The number of hydrogen-bond donors (Lipinski definition) is 0. The summed E-state index contributed by atoms with van der Waals surface area (Å²) in [6.07, 6.45) is 0.532. The lowest BCUT2D eigenvalue weighted by Gasteiger charge is -2.21. The van der Waals surface area contributed by atoms with Crippen LogP contribution < -0.4 is 0 Å². The lowest BCUT2D eigenvalue weighted by atomic mass is 9.98. The van der Waals surface area contributed by atoms with Gasteiger partial charge >= 0.3 is 0 Å². The van der Waals surface area contributed by atoms with Crippen molar-refractivity contribution in [1.82, 2.24) is 5.01 Å². The molecule has 0 N–H and O–H groups in total. The number of non-ortho nitro benzene ring substituents is 1. The van der Waals surface area contributed by atoms with E-state index in [1.165, 1.54) is 17.1 Å². The highest BCUT2D eigenvalue weighted by Gasteiger charge is 2.32. The van der Waals surface area contributed by atoms with Crippen LogP contribution in [0.2, 0.25) is 0 Å². The van der Waals surface area contributed by atoms with Crippen molar-refractivity contribution in [3.63, 3.8) is 0 Å². The minimum Gasteiger partial charge on any atom is -0.272 e. The molecule has 2 aromatic carbocycles. The molecule has 24 heavy (non-hydrogen) atoms. The highest BCUT2D eigenvalue weighted by molar-refractivity contribution is 6.27. The number of nitro groups is 1. The molecule has 122 valence electrons. The number of benzene rings is 2. The van der Waals surface area contributed by atoms with E-state index in [1.54, 1.807) is 12.1 Å². The normalized spacial score (nSPS) is 16.8. The molecule has 0 saturated carbocycles. The van der Waals surface area contributed by atoms with Gasteiger partial charge in [-0.2, -0.15) is 5.10 Å². The number of amides is 1. The van der Waals surface area contributed by atoms with E-state index in [-0.39, 0.29) is 23.5 Å². The van der Waals surface area contributed by atoms with Gasteiger partial charge in [0, 0.05) is 18.6 Å². The van der Waals surface area contributed by atoms with Crippen molar-refractivity contribution in [1.29, 1.82) is 0 Å². The summed E-state index contributed by atoms with van der Waals surface area (Å²) in [5.74, 6) is -0.472. The van der Waals surface area contributed by atoms with Crippen molar-refractivity contribution in [2.45, 2.75) is 12.5 Å². The van der Waals surface area contributed by atoms with E-state index >= 15 is 0 Å². The molecule has 2 aromatic rings. The standard InChI is InChI=1S/C17H14ClN3O3/c18-11-17(22)20-16(13-6-8-14(9-7-13)21(23)24)10-15(19-20)12-4-2-1-3-5-12/h1-9,16H,10-11H2. The van der Waals surface area contributed by atoms with Crippen molar-refractivity contribution >= 4 is 28.9 Å². The molecule has 7 heteroatoms. The van der Waals surface area contributed by atoms with Crippen LogP contribution in [0, 0.1) is 10.1 Å². The van der Waals surface area contributed by atoms with Crippen LogP contribution in [0.1, 0.15) is 23.6 Å². The predicted octanol–water partition coefficient (Wildman–Crippen LogP) is 3.51. The van der Waals surface area contributed by atoms with Gasteiger partial charge in [0.15, 0.2) is 0 Å². The van der Waals surface area contributed by atoms with Crippen molar-refractivity contribution in [3.8, 4) is 0 Å². The van der Waals surface area contributed by atoms with Crippen LogP contribution in [0.5, 0.6) is 0 Å². The fourth-order valence-electron chi connectivity index (χ4n) is 2.68. The number of nitrogens with zero attached hydrogens (tertiary/aromatic N) is 3. The zero-order chi connectivity index (χ0) is 17.1. The number of carbonyl (C=O) groups excluding carboxylic acids is 1. The first-order chi connectivity index (χ1) is 11.6. The Morgan fingerprint density at radius 3 is 2.46 bits per heavy atom. The number of nitro benzene ring substituents is 1. The van der Waals surface area contributed by atoms with Crippen molar-refractivity contribution < 1.29 is 9.72 Å². The Morgan fingerprint density at radius 1 is 1.21 bits per heavy atom. The monoisotopic (exact) mass is 343 g/mol. The molecule has 1 atom stereocenters. The van der Waals surface area contributed by atoms with Gasteiger partial charge in [0.05, 0.1) is 16.7 Å². The van der Waals surface area contributed by atoms with Gasteiger partial charge in [0.1, 0.15) is 5.88 Å². The molecule has 1 aliphatic heterocycles. The van der Waals surface area contributed by atoms with E-state index in [9.17, 15) is 14.9 Å². The maximum Gasteiger partial charge on any atom is 0.269 e. The van der Waals surface area contributed by atoms with Crippen LogP contribution in [-0.2, 0) is 4.79 Å². The van der Waals surface area contributed by atoms with Crippen LogP contribution >= 0.6 is 11.6 Å². The van der Waals surface area contributed by atoms with E-state index in [2.05, 4.69) is 5.10 Å². The van der Waals surface area contributed by atoms with Crippen LogP contribution in [0.15, 0.2) is 59.7 Å². The molecule has 1 aliphatic rings. The van der Waals surface area contributed by atoms with Crippen molar-refractivity contribution in [2.75, 3.05) is 5.88 Å². The summed E-state index contributed by atoms with van der Waals surface area (Å²) in [4.78, 5) is 22.5. The maximum atomic E-state index is 12.1. The second-order valence-electron chi connectivity index (χ2n) is 5.35. The first-order valence-corrected chi connectivity index (χ1v) is 7.89. The van der Waals surface area contributed by atoms with Gasteiger partial charge in [0.25, 0.3) is 11.6 Å². The number of hydrogen-bond acceptors (Lipinski definition) is 4. The predicted molar refractivity (Wildman–Crippen MR) is 91.0 cm³/mol. The Hall–Kier alpha value is -2.73. The molecule has 0 spiro atoms. The number of carbonyl (C=O) groups is 1. The average molecular weight is 344 g/mol. The molecule has 0 saturated heterocycles. The van der Waals surface area contributed by atoms with Crippen molar-refractivity contribution in [2.24, 2.45) is 5.10 Å². The number of hydrazone groups is 1. The summed E-state index contributed by atoms with van der Waals surface area (Å²) < 4.78 is 0. The zero-order valence-electron chi connectivity index (χ0n) is 12.6. The summed E-state index contributed by atoms with van der Waals surface area (Å²) in [5, 5.41) is 16.6. The first-order valence-electron chi connectivity index (χ1n) is 7.35. The third kappa shape index (κ3) is 3.14. The lowest BCUT2D eigenvalue weighted by molar-refractivity contribution is -0.384. The van der Waals surface area contributed by atoms with Crippen LogP contribution in [0.25, 0.3) is 0 Å². The van der Waals surface area contributed by atoms with Crippen LogP contribution in [-0.4, -0.2) is 27.4 Å². The van der Waals surface area contributed by atoms with E-state index in [0.29, 0.717) is 6.42 Å². The molecule has 0 bridgehead atoms. The molecule has 1 amide bonds. The van der Waals surface area contributed by atoms with E-state index < -0.39 is 4.92 Å². The molecule has 6 nitrogen and oxygen atoms in total. The van der Waals surface area contributed by atoms with E-state index in [1.807, 2.05) is 30.3 Å². The smallest absolute Gasteiger partial charge is 0.269 e. The quantitative estimate of drug-likeness (QED) is 0.484. The largest absolute Gasteiger partial charge is 0.272 e. The molecule has 0 radical (unpaired) electrons. The molecule has 0 aliphatic carbocycles. The van der Waals surface area contributed by atoms with Gasteiger partial charge in [-0.3, -0.25) is 14.9 Å². The van der Waals surface area contributed by atoms with E-state index in [4.69, 9.17) is 11.6 Å². The number of alkyl halides is 1. The topological polar surface area (TPSA) is 75.8 Å². The minimum atomic E-state index is -0.452. The average Bonchev–Trinajstić information content (AvgIpc) is 3.07. The SMILES string of the molecule is O=C(CCl)N1N=C(c2ccccc2)CC1c1ccc([N+](=O)[O-])cc1. The Balaban J connectivity index is 1.92. The first kappa shape index (κ1) is 16.1. The molecule has 3 rings (SSSR count). The summed E-state index contributed by atoms with van der Waals surface area (Å²) in [7, 11) is 0. The highest BCUT2D eigenvalue weighted by atomic mass is 35.5. The second kappa shape index (κ2) is 6.80. The fourth-order valence-corrected chi connectivity index (χ4v) is 2.81. The molecule has 0 aromatic heterocycles. The van der Waals surface area contributed by atoms with Gasteiger partial charge in [-0.1, -0.05) is 42.5 Å². The van der Waals surface area contributed by atoms with Gasteiger partial charge < -0.3 is 0 Å². The minimum absolute atomic E-state index is 0.0103. The molecular formula is C17H14ClN3O3. The molecule has 1 unspecified atom stereocenters. The summed E-state index contributed by atoms with van der Waals surface area (Å²) in [6.45, 7) is 0. The Kier molecular flexibility index (Phi) is 4.57. The van der Waals surface area contributed by atoms with Gasteiger partial charge in [-0.25, -0.2) is 5.01 Å². The second-order valence-corrected chi connectivity index (χ2v) is 5.62. The Morgan fingerprint density at radius 2 is 1.88 bits per heavy atom. The number of rotatable bonds is 4. The van der Waals surface area contributed by atoms with Gasteiger partial charge in [-0.15, -0.1) is 11.6 Å². The summed E-state index contributed by atoms with van der Waals surface area (Å²) in [6, 6.07) is 15.4. The number of halogens is 1. The summed E-state index contributed by atoms with van der Waals surface area (Å²) in [5.41, 5.74) is 2.52. The van der Waals surface area contributed by atoms with Gasteiger partial charge in [0.2, 0.25) is 0 Å². The van der Waals surface area contributed by atoms with E-state index in [0.717, 1.165) is 16.8 Å². The molecular weight excluding hydrogens is 330 g/mol. The van der Waals surface area contributed by atoms with Gasteiger partial charge in [-0.05, 0) is 11.1 Å².